The lowest BCUT2D eigenvalue weighted by atomic mass is 9.91. The molecule has 4 nitrogen and oxygen atoms in total. The summed E-state index contributed by atoms with van der Waals surface area (Å²) in [5, 5.41) is 6.27. The van der Waals surface area contributed by atoms with Crippen LogP contribution in [-0.2, 0) is 4.79 Å². The molecule has 1 aliphatic rings. The van der Waals surface area contributed by atoms with Gasteiger partial charge in [0.25, 0.3) is 0 Å². The van der Waals surface area contributed by atoms with Crippen molar-refractivity contribution in [3.05, 3.63) is 0 Å². The van der Waals surface area contributed by atoms with E-state index in [0.29, 0.717) is 0 Å². The van der Waals surface area contributed by atoms with Crippen LogP contribution in [-0.4, -0.2) is 43.5 Å². The fraction of sp³-hybridized carbons (Fsp3) is 0.923. The van der Waals surface area contributed by atoms with E-state index in [2.05, 4.69) is 52.6 Å². The number of hydrogen-bond acceptors (Lipinski definition) is 3. The van der Waals surface area contributed by atoms with Gasteiger partial charge in [0.1, 0.15) is 5.54 Å². The van der Waals surface area contributed by atoms with E-state index >= 15 is 0 Å². The maximum absolute atomic E-state index is 12.3. The van der Waals surface area contributed by atoms with E-state index < -0.39 is 0 Å². The SMILES string of the molecule is CN(C)CC(C)(C)CNC(=O)C1(NP)CCCC1. The lowest BCUT2D eigenvalue weighted by molar-refractivity contribution is -0.127. The van der Waals surface area contributed by atoms with Gasteiger partial charge in [-0.25, -0.2) is 0 Å². The second-order valence-electron chi connectivity index (χ2n) is 6.52. The summed E-state index contributed by atoms with van der Waals surface area (Å²) >= 11 is 0. The van der Waals surface area contributed by atoms with E-state index in [1.54, 1.807) is 0 Å². The Kier molecular flexibility index (Phi) is 5.57. The van der Waals surface area contributed by atoms with Gasteiger partial charge < -0.3 is 10.2 Å². The van der Waals surface area contributed by atoms with Crippen LogP contribution < -0.4 is 10.4 Å². The lowest BCUT2D eigenvalue weighted by Gasteiger charge is -2.32. The highest BCUT2D eigenvalue weighted by atomic mass is 31.0. The molecule has 0 saturated heterocycles. The molecular formula is C13H28N3OP. The zero-order valence-corrected chi connectivity index (χ0v) is 13.3. The van der Waals surface area contributed by atoms with Gasteiger partial charge in [-0.1, -0.05) is 36.1 Å². The third-order valence-corrected chi connectivity index (χ3v) is 4.19. The maximum atomic E-state index is 12.3. The van der Waals surface area contributed by atoms with Gasteiger partial charge in [0.2, 0.25) is 5.91 Å². The molecule has 0 aromatic rings. The lowest BCUT2D eigenvalue weighted by Crippen LogP contribution is -2.54. The molecule has 0 heterocycles. The van der Waals surface area contributed by atoms with Crippen molar-refractivity contribution in [2.45, 2.75) is 45.1 Å². The summed E-state index contributed by atoms with van der Waals surface area (Å²) in [6, 6.07) is 0. The molecule has 0 bridgehead atoms. The Morgan fingerprint density at radius 1 is 1.33 bits per heavy atom. The predicted molar refractivity (Wildman–Crippen MR) is 79.4 cm³/mol. The molecule has 0 spiro atoms. The van der Waals surface area contributed by atoms with Crippen LogP contribution in [0.4, 0.5) is 0 Å². The summed E-state index contributed by atoms with van der Waals surface area (Å²) in [6.45, 7) is 6.05. The Morgan fingerprint density at radius 3 is 2.33 bits per heavy atom. The molecule has 1 amide bonds. The number of nitrogens with zero attached hydrogens (tertiary/aromatic N) is 1. The second kappa shape index (κ2) is 6.31. The minimum atomic E-state index is -0.348. The quantitative estimate of drug-likeness (QED) is 0.719. The van der Waals surface area contributed by atoms with Gasteiger partial charge in [-0.2, -0.15) is 0 Å². The average Bonchev–Trinajstić information content (AvgIpc) is 2.74. The second-order valence-corrected chi connectivity index (χ2v) is 6.81. The van der Waals surface area contributed by atoms with Crippen molar-refractivity contribution in [3.8, 4) is 0 Å². The molecule has 18 heavy (non-hydrogen) atoms. The summed E-state index contributed by atoms with van der Waals surface area (Å²) < 4.78 is 0. The fourth-order valence-electron chi connectivity index (χ4n) is 2.82. The minimum Gasteiger partial charge on any atom is -0.354 e. The summed E-state index contributed by atoms with van der Waals surface area (Å²) in [5.41, 5.74) is -0.251. The Balaban J connectivity index is 2.50. The molecule has 5 heteroatoms. The third-order valence-electron chi connectivity index (χ3n) is 3.64. The van der Waals surface area contributed by atoms with Crippen LogP contribution in [0.1, 0.15) is 39.5 Å². The summed E-state index contributed by atoms with van der Waals surface area (Å²) in [4.78, 5) is 14.5. The van der Waals surface area contributed by atoms with Gasteiger partial charge in [-0.05, 0) is 32.4 Å². The van der Waals surface area contributed by atoms with Gasteiger partial charge in [-0.3, -0.25) is 9.88 Å². The number of hydrogen-bond donors (Lipinski definition) is 2. The molecular weight excluding hydrogens is 245 g/mol. The van der Waals surface area contributed by atoms with Crippen LogP contribution in [0.15, 0.2) is 0 Å². The van der Waals surface area contributed by atoms with Gasteiger partial charge in [-0.15, -0.1) is 0 Å². The summed E-state index contributed by atoms with van der Waals surface area (Å²) in [5.74, 6) is 0.154. The molecule has 1 saturated carbocycles. The van der Waals surface area contributed by atoms with E-state index in [9.17, 15) is 4.79 Å². The average molecular weight is 273 g/mol. The first kappa shape index (κ1) is 15.9. The van der Waals surface area contributed by atoms with Crippen LogP contribution in [0, 0.1) is 5.41 Å². The number of carbonyl (C=O) groups excluding carboxylic acids is 1. The van der Waals surface area contributed by atoms with Crippen LogP contribution in [0.2, 0.25) is 0 Å². The van der Waals surface area contributed by atoms with E-state index in [1.807, 2.05) is 0 Å². The monoisotopic (exact) mass is 273 g/mol. The Morgan fingerprint density at radius 2 is 1.89 bits per heavy atom. The zero-order chi connectivity index (χ0) is 13.8. The highest BCUT2D eigenvalue weighted by molar-refractivity contribution is 7.13. The highest BCUT2D eigenvalue weighted by Gasteiger charge is 2.40. The minimum absolute atomic E-state index is 0.0971. The molecule has 1 fully saturated rings. The first-order valence-corrected chi connectivity index (χ1v) is 7.30. The van der Waals surface area contributed by atoms with Crippen LogP contribution in [0.3, 0.4) is 0 Å². The van der Waals surface area contributed by atoms with Crippen molar-refractivity contribution >= 4 is 15.3 Å². The predicted octanol–water partition coefficient (Wildman–Crippen LogP) is 1.38. The van der Waals surface area contributed by atoms with E-state index in [4.69, 9.17) is 0 Å². The van der Waals surface area contributed by atoms with Crippen molar-refractivity contribution in [1.29, 1.82) is 0 Å². The number of amides is 1. The highest BCUT2D eigenvalue weighted by Crippen LogP contribution is 2.31. The number of nitrogens with one attached hydrogen (secondary N) is 2. The maximum Gasteiger partial charge on any atom is 0.240 e. The molecule has 0 aliphatic heterocycles. The Hall–Kier alpha value is -0.180. The van der Waals surface area contributed by atoms with Gasteiger partial charge in [0, 0.05) is 13.1 Å². The first-order valence-electron chi connectivity index (χ1n) is 6.72. The smallest absolute Gasteiger partial charge is 0.240 e. The van der Waals surface area contributed by atoms with E-state index in [1.165, 1.54) is 0 Å². The normalized spacial score (nSPS) is 19.2. The molecule has 1 unspecified atom stereocenters. The molecule has 0 radical (unpaired) electrons. The van der Waals surface area contributed by atoms with Crippen LogP contribution >= 0.6 is 9.39 Å². The van der Waals surface area contributed by atoms with Crippen molar-refractivity contribution in [3.63, 3.8) is 0 Å². The Labute approximate surface area is 114 Å². The molecule has 106 valence electrons. The largest absolute Gasteiger partial charge is 0.354 e. The molecule has 0 aromatic carbocycles. The molecule has 2 N–H and O–H groups in total. The summed E-state index contributed by atoms with van der Waals surface area (Å²) in [7, 11) is 6.63. The van der Waals surface area contributed by atoms with E-state index in [0.717, 1.165) is 38.8 Å². The van der Waals surface area contributed by atoms with E-state index in [-0.39, 0.29) is 16.9 Å². The molecule has 0 aromatic heterocycles. The number of carbonyl (C=O) groups is 1. The molecule has 1 atom stereocenters. The summed E-state index contributed by atoms with van der Waals surface area (Å²) in [6.07, 6.45) is 4.15. The molecule has 1 rings (SSSR count). The van der Waals surface area contributed by atoms with Gasteiger partial charge in [0.05, 0.1) is 0 Å². The zero-order valence-electron chi connectivity index (χ0n) is 12.2. The van der Waals surface area contributed by atoms with Gasteiger partial charge >= 0.3 is 0 Å². The van der Waals surface area contributed by atoms with Crippen molar-refractivity contribution in [2.75, 3.05) is 27.2 Å². The molecule has 1 aliphatic carbocycles. The van der Waals surface area contributed by atoms with Gasteiger partial charge in [0.15, 0.2) is 0 Å². The van der Waals surface area contributed by atoms with Crippen molar-refractivity contribution in [2.24, 2.45) is 5.41 Å². The third kappa shape index (κ3) is 4.18. The topological polar surface area (TPSA) is 44.4 Å². The standard InChI is InChI=1S/C13H28N3OP/c1-12(2,10-16(3)4)9-14-11(17)13(15-18)7-5-6-8-13/h15H,5-10,18H2,1-4H3,(H,14,17). The Bertz CT molecular complexity index is 286. The van der Waals surface area contributed by atoms with Crippen LogP contribution in [0.25, 0.3) is 0 Å². The van der Waals surface area contributed by atoms with Crippen LogP contribution in [0.5, 0.6) is 0 Å². The number of rotatable bonds is 6. The van der Waals surface area contributed by atoms with Crippen molar-refractivity contribution < 1.29 is 4.79 Å². The fourth-order valence-corrected chi connectivity index (χ4v) is 3.24. The van der Waals surface area contributed by atoms with Crippen molar-refractivity contribution in [1.82, 2.24) is 15.3 Å². The first-order chi connectivity index (χ1) is 8.31.